The second-order valence-electron chi connectivity index (χ2n) is 4.11. The lowest BCUT2D eigenvalue weighted by molar-refractivity contribution is 0.382. The first-order chi connectivity index (χ1) is 10.6. The van der Waals surface area contributed by atoms with E-state index in [9.17, 15) is 43.9 Å². The van der Waals surface area contributed by atoms with E-state index in [4.69, 9.17) is 0 Å². The van der Waals surface area contributed by atoms with Crippen LogP contribution in [0.3, 0.4) is 0 Å². The molecule has 0 aliphatic rings. The van der Waals surface area contributed by atoms with E-state index in [-0.39, 0.29) is 24.3 Å². The second kappa shape index (κ2) is 7.03. The molecular formula is C12HBBrF10. The Bertz CT molecular complexity index is 697. The van der Waals surface area contributed by atoms with E-state index in [1.807, 2.05) is 0 Å². The zero-order valence-electron chi connectivity index (χ0n) is 10.8. The monoisotopic (exact) mass is 425 g/mol. The highest BCUT2D eigenvalue weighted by Crippen LogP contribution is 2.18. The Morgan fingerprint density at radius 3 is 0.708 bits per heavy atom. The highest BCUT2D eigenvalue weighted by atomic mass is 79.9. The fourth-order valence-corrected chi connectivity index (χ4v) is 1.64. The molecule has 2 aromatic carbocycles. The van der Waals surface area contributed by atoms with Crippen molar-refractivity contribution >= 4 is 35.2 Å². The lowest BCUT2D eigenvalue weighted by atomic mass is 9.62. The van der Waals surface area contributed by atoms with Crippen LogP contribution in [0.2, 0.25) is 0 Å². The van der Waals surface area contributed by atoms with Gasteiger partial charge in [-0.1, -0.05) is 0 Å². The molecule has 0 atom stereocenters. The smallest absolute Gasteiger partial charge is 0.204 e. The quantitative estimate of drug-likeness (QED) is 0.300. The van der Waals surface area contributed by atoms with Gasteiger partial charge in [0.15, 0.2) is 58.2 Å². The Morgan fingerprint density at radius 2 is 0.500 bits per heavy atom. The van der Waals surface area contributed by atoms with Gasteiger partial charge in [-0.05, 0) is 10.9 Å². The highest BCUT2D eigenvalue weighted by molar-refractivity contribution is 8.93. The van der Waals surface area contributed by atoms with Crippen LogP contribution in [0.4, 0.5) is 43.9 Å². The van der Waals surface area contributed by atoms with Gasteiger partial charge in [-0.25, -0.2) is 43.9 Å². The van der Waals surface area contributed by atoms with Gasteiger partial charge < -0.3 is 0 Å². The van der Waals surface area contributed by atoms with Crippen molar-refractivity contribution in [3.05, 3.63) is 58.2 Å². The summed E-state index contributed by atoms with van der Waals surface area (Å²) >= 11 is 0. The van der Waals surface area contributed by atoms with E-state index in [1.165, 1.54) is 0 Å². The normalized spacial score (nSPS) is 10.6. The van der Waals surface area contributed by atoms with Gasteiger partial charge in [0, 0.05) is 0 Å². The third kappa shape index (κ3) is 2.98. The van der Waals surface area contributed by atoms with Crippen LogP contribution in [0.5, 0.6) is 0 Å². The average Bonchev–Trinajstić information content (AvgIpc) is 2.54. The molecule has 0 spiro atoms. The molecule has 24 heavy (non-hydrogen) atoms. The van der Waals surface area contributed by atoms with Gasteiger partial charge in [-0.3, -0.25) is 0 Å². The van der Waals surface area contributed by atoms with E-state index in [0.717, 1.165) is 0 Å². The molecule has 0 aliphatic carbocycles. The molecule has 1 radical (unpaired) electrons. The summed E-state index contributed by atoms with van der Waals surface area (Å²) in [5.41, 5.74) is -3.71. The van der Waals surface area contributed by atoms with Crippen LogP contribution in [-0.2, 0) is 0 Å². The van der Waals surface area contributed by atoms with E-state index in [2.05, 4.69) is 0 Å². The molecule has 0 amide bonds. The van der Waals surface area contributed by atoms with Crippen molar-refractivity contribution in [3.8, 4) is 0 Å². The highest BCUT2D eigenvalue weighted by Gasteiger charge is 2.31. The fraction of sp³-hybridized carbons (Fsp3) is 0. The first kappa shape index (κ1) is 20.3. The number of hydrogen-bond acceptors (Lipinski definition) is 0. The van der Waals surface area contributed by atoms with Gasteiger partial charge in [-0.2, -0.15) is 0 Å². The van der Waals surface area contributed by atoms with Crippen LogP contribution < -0.4 is 10.9 Å². The molecule has 0 aliphatic heterocycles. The molecule has 0 unspecified atom stereocenters. The van der Waals surface area contributed by atoms with Crippen molar-refractivity contribution in [2.45, 2.75) is 0 Å². The molecule has 2 aromatic rings. The minimum atomic E-state index is -2.55. The molecule has 12 heteroatoms. The summed E-state index contributed by atoms with van der Waals surface area (Å²) in [5.74, 6) is -24.9. The Balaban J connectivity index is 0.00000288. The van der Waals surface area contributed by atoms with Crippen molar-refractivity contribution in [2.75, 3.05) is 0 Å². The van der Waals surface area contributed by atoms with Gasteiger partial charge in [0.2, 0.25) is 7.28 Å². The van der Waals surface area contributed by atoms with Crippen molar-refractivity contribution in [3.63, 3.8) is 0 Å². The molecule has 0 saturated carbocycles. The van der Waals surface area contributed by atoms with Crippen molar-refractivity contribution in [1.29, 1.82) is 0 Å². The van der Waals surface area contributed by atoms with Crippen LogP contribution in [0.1, 0.15) is 0 Å². The van der Waals surface area contributed by atoms with Gasteiger partial charge in [0.1, 0.15) is 0 Å². The molecular weight excluding hydrogens is 425 g/mol. The molecule has 0 aromatic heterocycles. The van der Waals surface area contributed by atoms with Crippen molar-refractivity contribution in [1.82, 2.24) is 0 Å². The number of hydrogen-bond donors (Lipinski definition) is 0. The van der Waals surface area contributed by atoms with Gasteiger partial charge in [-0.15, -0.1) is 17.0 Å². The third-order valence-corrected chi connectivity index (χ3v) is 2.78. The van der Waals surface area contributed by atoms with Gasteiger partial charge in [0.25, 0.3) is 0 Å². The Kier molecular flexibility index (Phi) is 5.96. The van der Waals surface area contributed by atoms with E-state index in [0.29, 0.717) is 0 Å². The van der Waals surface area contributed by atoms with E-state index >= 15 is 0 Å². The Labute approximate surface area is 138 Å². The maximum atomic E-state index is 13.4. The zero-order chi connectivity index (χ0) is 17.6. The first-order valence-corrected chi connectivity index (χ1v) is 5.47. The lowest BCUT2D eigenvalue weighted by Gasteiger charge is -2.10. The standard InChI is InChI=1S/C12BF10.BrH/c14-3-1(4(15)8(19)11(22)7(3)18)13-2-5(16)9(20)12(23)10(21)6(2)17;/h;1H. The lowest BCUT2D eigenvalue weighted by Crippen LogP contribution is -2.39. The Hall–Kier alpha value is -1.72. The fourth-order valence-electron chi connectivity index (χ4n) is 1.64. The SMILES string of the molecule is Br.Fc1c(F)c(F)c([B]c2c(F)c(F)c(F)c(F)c2F)c(F)c1F. The van der Waals surface area contributed by atoms with Gasteiger partial charge >= 0.3 is 0 Å². The van der Waals surface area contributed by atoms with Crippen LogP contribution in [0.15, 0.2) is 0 Å². The summed E-state index contributed by atoms with van der Waals surface area (Å²) in [5, 5.41) is 0. The molecule has 0 nitrogen and oxygen atoms in total. The molecule has 0 saturated heterocycles. The van der Waals surface area contributed by atoms with Crippen LogP contribution >= 0.6 is 17.0 Å². The van der Waals surface area contributed by atoms with Gasteiger partial charge in [0.05, 0.1) is 0 Å². The molecule has 0 N–H and O–H groups in total. The molecule has 0 fully saturated rings. The number of rotatable bonds is 2. The summed E-state index contributed by atoms with van der Waals surface area (Å²) in [6, 6.07) is 0. The first-order valence-electron chi connectivity index (χ1n) is 5.47. The second-order valence-corrected chi connectivity index (χ2v) is 4.11. The van der Waals surface area contributed by atoms with Crippen LogP contribution in [-0.4, -0.2) is 7.28 Å². The maximum Gasteiger partial charge on any atom is 0.207 e. The number of benzene rings is 2. The molecule has 0 bridgehead atoms. The topological polar surface area (TPSA) is 0 Å². The summed E-state index contributed by atoms with van der Waals surface area (Å²) in [6.07, 6.45) is 0. The number of halogens is 11. The van der Waals surface area contributed by atoms with E-state index in [1.54, 1.807) is 0 Å². The molecule has 2 rings (SSSR count). The van der Waals surface area contributed by atoms with Crippen molar-refractivity contribution in [2.24, 2.45) is 0 Å². The van der Waals surface area contributed by atoms with E-state index < -0.39 is 69.1 Å². The zero-order valence-corrected chi connectivity index (χ0v) is 12.5. The summed E-state index contributed by atoms with van der Waals surface area (Å²) < 4.78 is 131. The van der Waals surface area contributed by atoms with Crippen molar-refractivity contribution < 1.29 is 43.9 Å². The molecule has 129 valence electrons. The summed E-state index contributed by atoms with van der Waals surface area (Å²) in [7, 11) is -0.369. The summed E-state index contributed by atoms with van der Waals surface area (Å²) in [4.78, 5) is 0. The van der Waals surface area contributed by atoms with Crippen LogP contribution in [0.25, 0.3) is 0 Å². The molecule has 0 heterocycles. The largest absolute Gasteiger partial charge is 0.207 e. The van der Waals surface area contributed by atoms with Crippen LogP contribution in [0, 0.1) is 58.2 Å². The summed E-state index contributed by atoms with van der Waals surface area (Å²) in [6.45, 7) is 0. The Morgan fingerprint density at radius 1 is 0.333 bits per heavy atom. The maximum absolute atomic E-state index is 13.4. The predicted octanol–water partition coefficient (Wildman–Crippen LogP) is 3.31. The average molecular weight is 426 g/mol. The predicted molar refractivity (Wildman–Crippen MR) is 67.8 cm³/mol. The minimum absolute atomic E-state index is 0. The third-order valence-electron chi connectivity index (χ3n) is 2.78. The minimum Gasteiger partial charge on any atom is -0.204 e.